The largest absolute Gasteiger partial charge is 0.497 e. The average molecular weight is 336 g/mol. The molecule has 0 aromatic heterocycles. The Morgan fingerprint density at radius 3 is 2.35 bits per heavy atom. The molecule has 0 bridgehead atoms. The number of carbonyl (C=O) groups is 1. The van der Waals surface area contributed by atoms with E-state index in [9.17, 15) is 4.79 Å². The van der Waals surface area contributed by atoms with Gasteiger partial charge in [-0.1, -0.05) is 28.1 Å². The fourth-order valence-electron chi connectivity index (χ4n) is 1.56. The lowest BCUT2D eigenvalue weighted by Crippen LogP contribution is -2.13. The fourth-order valence-corrected chi connectivity index (χ4v) is 1.82. The summed E-state index contributed by atoms with van der Waals surface area (Å²) < 4.78 is 11.1. The molecule has 0 saturated carbocycles. The van der Waals surface area contributed by atoms with E-state index in [0.717, 1.165) is 15.8 Å². The molecule has 1 amide bonds. The van der Waals surface area contributed by atoms with E-state index in [1.54, 1.807) is 19.2 Å². The van der Waals surface area contributed by atoms with Gasteiger partial charge in [0.25, 0.3) is 0 Å². The Morgan fingerprint density at radius 2 is 1.75 bits per heavy atom. The van der Waals surface area contributed by atoms with Gasteiger partial charge in [-0.25, -0.2) is 4.79 Å². The van der Waals surface area contributed by atoms with Gasteiger partial charge >= 0.3 is 6.09 Å². The summed E-state index contributed by atoms with van der Waals surface area (Å²) >= 11 is 3.33. The molecule has 5 heteroatoms. The zero-order valence-corrected chi connectivity index (χ0v) is 12.5. The summed E-state index contributed by atoms with van der Waals surface area (Å²) in [5, 5.41) is 2.66. The molecular weight excluding hydrogens is 322 g/mol. The van der Waals surface area contributed by atoms with E-state index in [2.05, 4.69) is 21.2 Å². The van der Waals surface area contributed by atoms with Crippen LogP contribution in [0.5, 0.6) is 5.75 Å². The zero-order chi connectivity index (χ0) is 14.4. The zero-order valence-electron chi connectivity index (χ0n) is 10.9. The van der Waals surface area contributed by atoms with Crippen molar-refractivity contribution in [1.29, 1.82) is 0 Å². The normalized spacial score (nSPS) is 9.90. The number of nitrogens with one attached hydrogen (secondary N) is 1. The number of hydrogen-bond acceptors (Lipinski definition) is 3. The van der Waals surface area contributed by atoms with Crippen molar-refractivity contribution in [2.75, 3.05) is 12.4 Å². The van der Waals surface area contributed by atoms with E-state index in [1.807, 2.05) is 36.4 Å². The monoisotopic (exact) mass is 335 g/mol. The van der Waals surface area contributed by atoms with Crippen molar-refractivity contribution >= 4 is 27.7 Å². The maximum absolute atomic E-state index is 11.6. The van der Waals surface area contributed by atoms with Crippen LogP contribution >= 0.6 is 15.9 Å². The number of hydrogen-bond donors (Lipinski definition) is 1. The van der Waals surface area contributed by atoms with Crippen molar-refractivity contribution in [2.24, 2.45) is 0 Å². The summed E-state index contributed by atoms with van der Waals surface area (Å²) in [5.41, 5.74) is 1.59. The Balaban J connectivity index is 1.83. The summed E-state index contributed by atoms with van der Waals surface area (Å²) in [6, 6.07) is 14.6. The molecule has 2 aromatic carbocycles. The standard InChI is InChI=1S/C15H14BrNO3/c1-19-14-8-2-11(3-9-14)10-20-15(18)17-13-6-4-12(16)5-7-13/h2-9H,10H2,1H3,(H,17,18). The molecule has 0 atom stereocenters. The SMILES string of the molecule is COc1ccc(COC(=O)Nc2ccc(Br)cc2)cc1. The van der Waals surface area contributed by atoms with Crippen molar-refractivity contribution in [3.05, 3.63) is 58.6 Å². The smallest absolute Gasteiger partial charge is 0.411 e. The van der Waals surface area contributed by atoms with E-state index < -0.39 is 6.09 Å². The third-order valence-electron chi connectivity index (χ3n) is 2.62. The van der Waals surface area contributed by atoms with Crippen molar-refractivity contribution in [1.82, 2.24) is 0 Å². The number of methoxy groups -OCH3 is 1. The number of halogens is 1. The quantitative estimate of drug-likeness (QED) is 0.910. The molecule has 0 heterocycles. The highest BCUT2D eigenvalue weighted by Gasteiger charge is 2.04. The topological polar surface area (TPSA) is 47.6 Å². The Hall–Kier alpha value is -2.01. The first-order valence-corrected chi connectivity index (χ1v) is 6.79. The van der Waals surface area contributed by atoms with E-state index in [4.69, 9.17) is 9.47 Å². The molecule has 0 spiro atoms. The van der Waals surface area contributed by atoms with Gasteiger partial charge in [-0.05, 0) is 42.0 Å². The Morgan fingerprint density at radius 1 is 1.10 bits per heavy atom. The number of ether oxygens (including phenoxy) is 2. The molecule has 0 fully saturated rings. The highest BCUT2D eigenvalue weighted by Crippen LogP contribution is 2.15. The van der Waals surface area contributed by atoms with Crippen molar-refractivity contribution in [3.63, 3.8) is 0 Å². The average Bonchev–Trinajstić information content (AvgIpc) is 2.48. The Kier molecular flexibility index (Phi) is 5.01. The van der Waals surface area contributed by atoms with Crippen LogP contribution in [0.25, 0.3) is 0 Å². The van der Waals surface area contributed by atoms with Crippen LogP contribution in [-0.4, -0.2) is 13.2 Å². The molecule has 0 aliphatic carbocycles. The second-order valence-corrected chi connectivity index (χ2v) is 4.97. The van der Waals surface area contributed by atoms with Gasteiger partial charge in [-0.3, -0.25) is 5.32 Å². The first-order chi connectivity index (χ1) is 9.67. The molecule has 20 heavy (non-hydrogen) atoms. The number of amides is 1. The Bertz CT molecular complexity index is 567. The van der Waals surface area contributed by atoms with Gasteiger partial charge in [-0.15, -0.1) is 0 Å². The minimum atomic E-state index is -0.483. The van der Waals surface area contributed by atoms with Crippen molar-refractivity contribution in [3.8, 4) is 5.75 Å². The van der Waals surface area contributed by atoms with Gasteiger partial charge in [0.05, 0.1) is 7.11 Å². The molecule has 2 rings (SSSR count). The van der Waals surface area contributed by atoms with E-state index in [1.165, 1.54) is 0 Å². The first kappa shape index (κ1) is 14.4. The van der Waals surface area contributed by atoms with Gasteiger partial charge in [-0.2, -0.15) is 0 Å². The molecule has 0 aliphatic heterocycles. The number of benzene rings is 2. The second kappa shape index (κ2) is 6.96. The molecule has 2 aromatic rings. The highest BCUT2D eigenvalue weighted by atomic mass is 79.9. The third-order valence-corrected chi connectivity index (χ3v) is 3.15. The third kappa shape index (κ3) is 4.28. The van der Waals surface area contributed by atoms with Gasteiger partial charge in [0.1, 0.15) is 12.4 Å². The maximum atomic E-state index is 11.6. The Labute approximate surface area is 125 Å². The van der Waals surface area contributed by atoms with E-state index in [0.29, 0.717) is 5.69 Å². The van der Waals surface area contributed by atoms with Gasteiger partial charge in [0.15, 0.2) is 0 Å². The van der Waals surface area contributed by atoms with Crippen LogP contribution < -0.4 is 10.1 Å². The van der Waals surface area contributed by atoms with Crippen molar-refractivity contribution < 1.29 is 14.3 Å². The van der Waals surface area contributed by atoms with Gasteiger partial charge in [0.2, 0.25) is 0 Å². The highest BCUT2D eigenvalue weighted by molar-refractivity contribution is 9.10. The number of carbonyl (C=O) groups excluding carboxylic acids is 1. The van der Waals surface area contributed by atoms with E-state index >= 15 is 0 Å². The first-order valence-electron chi connectivity index (χ1n) is 5.99. The van der Waals surface area contributed by atoms with Crippen LogP contribution in [0.3, 0.4) is 0 Å². The molecule has 0 unspecified atom stereocenters. The minimum Gasteiger partial charge on any atom is -0.497 e. The van der Waals surface area contributed by atoms with Crippen LogP contribution in [0.4, 0.5) is 10.5 Å². The van der Waals surface area contributed by atoms with Crippen LogP contribution in [0.1, 0.15) is 5.56 Å². The lowest BCUT2D eigenvalue weighted by Gasteiger charge is -2.07. The van der Waals surface area contributed by atoms with Crippen LogP contribution in [0.15, 0.2) is 53.0 Å². The fraction of sp³-hybridized carbons (Fsp3) is 0.133. The van der Waals surface area contributed by atoms with Crippen LogP contribution in [0, 0.1) is 0 Å². The predicted octanol–water partition coefficient (Wildman–Crippen LogP) is 4.21. The van der Waals surface area contributed by atoms with Crippen LogP contribution in [0.2, 0.25) is 0 Å². The lowest BCUT2D eigenvalue weighted by atomic mass is 10.2. The van der Waals surface area contributed by atoms with Gasteiger partial charge < -0.3 is 9.47 Å². The lowest BCUT2D eigenvalue weighted by molar-refractivity contribution is 0.155. The summed E-state index contributed by atoms with van der Waals surface area (Å²) in [6.07, 6.45) is -0.483. The second-order valence-electron chi connectivity index (χ2n) is 4.06. The predicted molar refractivity (Wildman–Crippen MR) is 80.9 cm³/mol. The van der Waals surface area contributed by atoms with Crippen molar-refractivity contribution in [2.45, 2.75) is 6.61 Å². The summed E-state index contributed by atoms with van der Waals surface area (Å²) in [4.78, 5) is 11.6. The summed E-state index contributed by atoms with van der Waals surface area (Å²) in [6.45, 7) is 0.215. The van der Waals surface area contributed by atoms with E-state index in [-0.39, 0.29) is 6.61 Å². The number of anilines is 1. The molecule has 4 nitrogen and oxygen atoms in total. The molecular formula is C15H14BrNO3. The van der Waals surface area contributed by atoms with Crippen LogP contribution in [-0.2, 0) is 11.3 Å². The number of rotatable bonds is 4. The summed E-state index contributed by atoms with van der Waals surface area (Å²) in [7, 11) is 1.61. The molecule has 104 valence electrons. The van der Waals surface area contributed by atoms with Gasteiger partial charge in [0, 0.05) is 10.2 Å². The molecule has 0 saturated heterocycles. The molecule has 0 aliphatic rings. The molecule has 1 N–H and O–H groups in total. The maximum Gasteiger partial charge on any atom is 0.411 e. The summed E-state index contributed by atoms with van der Waals surface area (Å²) in [5.74, 6) is 0.771. The molecule has 0 radical (unpaired) electrons. The minimum absolute atomic E-state index is 0.215.